The maximum Gasteiger partial charge on any atom is 0.319 e. The number of urea groups is 1. The number of amides is 3. The number of nitrogens with zero attached hydrogens (tertiary/aromatic N) is 4. The number of carbonyl (C=O) groups excluding carboxylic acids is 2. The van der Waals surface area contributed by atoms with Crippen molar-refractivity contribution in [3.8, 4) is 0 Å². The number of allylic oxidation sites excluding steroid dienone is 1. The zero-order chi connectivity index (χ0) is 14.6. The molecule has 1 atom stereocenters. The fourth-order valence-corrected chi connectivity index (χ4v) is 3.37. The van der Waals surface area contributed by atoms with Gasteiger partial charge in [-0.25, -0.2) is 9.78 Å². The third kappa shape index (κ3) is 1.58. The van der Waals surface area contributed by atoms with Gasteiger partial charge in [-0.05, 0) is 12.8 Å². The van der Waals surface area contributed by atoms with E-state index >= 15 is 0 Å². The van der Waals surface area contributed by atoms with Crippen LogP contribution in [0, 0.1) is 5.92 Å². The van der Waals surface area contributed by atoms with E-state index in [9.17, 15) is 9.59 Å². The first-order chi connectivity index (χ1) is 10.1. The summed E-state index contributed by atoms with van der Waals surface area (Å²) in [6.07, 6.45) is 4.30. The van der Waals surface area contributed by atoms with Crippen LogP contribution in [0.5, 0.6) is 0 Å². The maximum atomic E-state index is 12.3. The molecular formula is C13H14N6O2. The van der Waals surface area contributed by atoms with Gasteiger partial charge >= 0.3 is 6.03 Å². The molecule has 1 aromatic rings. The van der Waals surface area contributed by atoms with Crippen molar-refractivity contribution in [1.29, 1.82) is 0 Å². The molecule has 8 heteroatoms. The Morgan fingerprint density at radius 2 is 2.14 bits per heavy atom. The van der Waals surface area contributed by atoms with E-state index in [2.05, 4.69) is 32.4 Å². The Labute approximate surface area is 120 Å². The van der Waals surface area contributed by atoms with Crippen LogP contribution in [-0.4, -0.2) is 44.1 Å². The predicted molar refractivity (Wildman–Crippen MR) is 70.5 cm³/mol. The first-order valence-electron chi connectivity index (χ1n) is 6.82. The second-order valence-electron chi connectivity index (χ2n) is 5.73. The van der Waals surface area contributed by atoms with Crippen molar-refractivity contribution >= 4 is 11.9 Å². The monoisotopic (exact) mass is 286 g/mol. The summed E-state index contributed by atoms with van der Waals surface area (Å²) in [5, 5.41) is 13.3. The van der Waals surface area contributed by atoms with E-state index < -0.39 is 5.54 Å². The molecule has 4 aliphatic rings. The lowest BCUT2D eigenvalue weighted by molar-refractivity contribution is -0.143. The molecule has 8 nitrogen and oxygen atoms in total. The molecule has 4 heterocycles. The van der Waals surface area contributed by atoms with E-state index in [1.807, 2.05) is 0 Å². The molecule has 5 rings (SSSR count). The molecule has 2 bridgehead atoms. The molecule has 4 fully saturated rings. The van der Waals surface area contributed by atoms with Crippen LogP contribution in [0.3, 0.4) is 0 Å². The molecule has 0 aromatic carbocycles. The normalized spacial score (nSPS) is 34.3. The Balaban J connectivity index is 1.59. The third-order valence-electron chi connectivity index (χ3n) is 4.59. The molecule has 108 valence electrons. The highest BCUT2D eigenvalue weighted by atomic mass is 16.2. The summed E-state index contributed by atoms with van der Waals surface area (Å²) < 4.78 is 0. The second-order valence-corrected chi connectivity index (χ2v) is 5.73. The summed E-state index contributed by atoms with van der Waals surface area (Å²) in [6, 6.07) is -0.592. The molecule has 1 unspecified atom stereocenters. The van der Waals surface area contributed by atoms with Crippen molar-refractivity contribution in [1.82, 2.24) is 30.7 Å². The number of carbonyl (C=O) groups is 2. The zero-order valence-electron chi connectivity index (χ0n) is 11.2. The van der Waals surface area contributed by atoms with E-state index in [0.717, 1.165) is 5.70 Å². The van der Waals surface area contributed by atoms with Crippen LogP contribution in [0.2, 0.25) is 0 Å². The summed E-state index contributed by atoms with van der Waals surface area (Å²) in [4.78, 5) is 30.3. The van der Waals surface area contributed by atoms with Crippen molar-refractivity contribution in [3.05, 3.63) is 30.5 Å². The van der Waals surface area contributed by atoms with Gasteiger partial charge in [-0.3, -0.25) is 4.79 Å². The Morgan fingerprint density at radius 1 is 1.33 bits per heavy atom. The Hall–Kier alpha value is -2.51. The van der Waals surface area contributed by atoms with Crippen molar-refractivity contribution in [2.24, 2.45) is 5.92 Å². The highest BCUT2D eigenvalue weighted by Crippen LogP contribution is 2.50. The lowest BCUT2D eigenvalue weighted by atomic mass is 9.62. The molecule has 2 N–H and O–H groups in total. The molecule has 1 aliphatic carbocycles. The maximum absolute atomic E-state index is 12.3. The molecular weight excluding hydrogens is 272 g/mol. The number of rotatable bonds is 2. The predicted octanol–water partition coefficient (Wildman–Crippen LogP) is -0.270. The van der Waals surface area contributed by atoms with Gasteiger partial charge in [-0.2, -0.15) is 5.10 Å². The fraction of sp³-hybridized carbons (Fsp3) is 0.462. The lowest BCUT2D eigenvalue weighted by Crippen LogP contribution is -2.70. The third-order valence-corrected chi connectivity index (χ3v) is 4.59. The molecule has 3 saturated heterocycles. The summed E-state index contributed by atoms with van der Waals surface area (Å²) in [7, 11) is 0. The second kappa shape index (κ2) is 4.00. The average Bonchev–Trinajstić information content (AvgIpc) is 2.81. The van der Waals surface area contributed by atoms with Gasteiger partial charge in [0.2, 0.25) is 5.91 Å². The van der Waals surface area contributed by atoms with Gasteiger partial charge in [0.05, 0.1) is 12.7 Å². The van der Waals surface area contributed by atoms with E-state index in [1.54, 1.807) is 4.90 Å². The zero-order valence-corrected chi connectivity index (χ0v) is 11.2. The van der Waals surface area contributed by atoms with Crippen LogP contribution in [0.25, 0.3) is 0 Å². The van der Waals surface area contributed by atoms with Gasteiger partial charge in [0.25, 0.3) is 0 Å². The number of aromatic nitrogens is 3. The summed E-state index contributed by atoms with van der Waals surface area (Å²) in [5.41, 5.74) is 0.0148. The molecule has 3 aliphatic heterocycles. The van der Waals surface area contributed by atoms with Gasteiger partial charge in [0.1, 0.15) is 11.6 Å². The SMILES string of the molecule is C=C1NC(=O)C2(N3CC(c4nccnn4)NC3=O)CC1C2. The Morgan fingerprint density at radius 3 is 2.81 bits per heavy atom. The van der Waals surface area contributed by atoms with E-state index in [1.165, 1.54) is 12.4 Å². The highest BCUT2D eigenvalue weighted by molar-refractivity contribution is 5.95. The Bertz CT molecular complexity index is 639. The molecule has 1 aromatic heterocycles. The lowest BCUT2D eigenvalue weighted by Gasteiger charge is -2.55. The topological polar surface area (TPSA) is 100 Å². The minimum absolute atomic E-state index is 0.141. The molecule has 3 amide bonds. The van der Waals surface area contributed by atoms with Gasteiger partial charge < -0.3 is 15.5 Å². The minimum atomic E-state index is -0.743. The quantitative estimate of drug-likeness (QED) is 0.779. The number of hydrogen-bond acceptors (Lipinski definition) is 5. The molecule has 0 spiro atoms. The molecule has 1 saturated carbocycles. The van der Waals surface area contributed by atoms with E-state index in [4.69, 9.17) is 0 Å². The van der Waals surface area contributed by atoms with Crippen molar-refractivity contribution < 1.29 is 9.59 Å². The molecule has 21 heavy (non-hydrogen) atoms. The van der Waals surface area contributed by atoms with Crippen molar-refractivity contribution in [2.75, 3.05) is 6.54 Å². The minimum Gasteiger partial charge on any atom is -0.328 e. The Kier molecular flexibility index (Phi) is 2.33. The first kappa shape index (κ1) is 12.2. The van der Waals surface area contributed by atoms with Gasteiger partial charge in [0, 0.05) is 17.8 Å². The average molecular weight is 286 g/mol. The van der Waals surface area contributed by atoms with Gasteiger partial charge in [-0.1, -0.05) is 6.58 Å². The van der Waals surface area contributed by atoms with E-state index in [0.29, 0.717) is 25.2 Å². The van der Waals surface area contributed by atoms with E-state index in [-0.39, 0.29) is 23.9 Å². The molecule has 0 radical (unpaired) electrons. The number of fused-ring (bicyclic) bond motifs is 2. The van der Waals surface area contributed by atoms with Gasteiger partial charge in [-0.15, -0.1) is 5.10 Å². The number of piperidine rings is 2. The fourth-order valence-electron chi connectivity index (χ4n) is 3.37. The van der Waals surface area contributed by atoms with Crippen LogP contribution in [0.4, 0.5) is 4.79 Å². The number of hydrogen-bond donors (Lipinski definition) is 2. The van der Waals surface area contributed by atoms with Crippen LogP contribution in [0.1, 0.15) is 24.7 Å². The largest absolute Gasteiger partial charge is 0.328 e. The highest BCUT2D eigenvalue weighted by Gasteiger charge is 2.61. The standard InChI is InChI=1S/C13H14N6O2/c1-7-8-4-13(5-8,11(20)16-7)19-6-9(17-12(19)21)10-14-2-3-15-18-10/h2-3,8-9H,1,4-6H2,(H,16,20)(H,17,21). The van der Waals surface area contributed by atoms with Crippen LogP contribution < -0.4 is 10.6 Å². The van der Waals surface area contributed by atoms with Crippen LogP contribution in [0.15, 0.2) is 24.7 Å². The first-order valence-corrected chi connectivity index (χ1v) is 6.82. The van der Waals surface area contributed by atoms with Crippen molar-refractivity contribution in [2.45, 2.75) is 24.4 Å². The number of nitrogens with one attached hydrogen (secondary N) is 2. The van der Waals surface area contributed by atoms with Crippen LogP contribution in [-0.2, 0) is 4.79 Å². The van der Waals surface area contributed by atoms with Crippen molar-refractivity contribution in [3.63, 3.8) is 0 Å². The summed E-state index contributed by atoms with van der Waals surface area (Å²) in [5.74, 6) is 0.586. The smallest absolute Gasteiger partial charge is 0.319 e. The summed E-state index contributed by atoms with van der Waals surface area (Å²) >= 11 is 0. The van der Waals surface area contributed by atoms with Gasteiger partial charge in [0.15, 0.2) is 5.82 Å². The van der Waals surface area contributed by atoms with Crippen LogP contribution >= 0.6 is 0 Å². The summed E-state index contributed by atoms with van der Waals surface area (Å²) in [6.45, 7) is 4.22.